The second-order valence-electron chi connectivity index (χ2n) is 15.8. The molecule has 9 heteroatoms. The van der Waals surface area contributed by atoms with Crippen molar-refractivity contribution in [1.29, 1.82) is 0 Å². The Hall–Kier alpha value is -2.52. The van der Waals surface area contributed by atoms with Gasteiger partial charge >= 0.3 is 187 Å². The van der Waals surface area contributed by atoms with E-state index in [1.165, 1.54) is 15.9 Å². The van der Waals surface area contributed by atoms with E-state index < -0.39 is 19.7 Å². The van der Waals surface area contributed by atoms with Crippen LogP contribution in [-0.4, -0.2) is 40.5 Å². The molecule has 0 saturated carbocycles. The summed E-state index contributed by atoms with van der Waals surface area (Å²) < 4.78 is 29.1. The molecule has 0 aliphatic carbocycles. The van der Waals surface area contributed by atoms with E-state index in [-0.39, 0.29) is 49.9 Å². The number of carbonyl (C=O) groups excluding carboxylic acids is 1. The SMILES string of the molecule is CC(C)C(C(=O)/C=C(\O)C(C(C)C)C(C)C)C(C)C.[CH3][Ge]([CH3])([CH3])[c]1cc(-c2ncnc3c2sc2cc(CC(F)F)ccc23)[c-]c2ccccc12.[Ir]. The molecule has 0 spiro atoms. The van der Waals surface area contributed by atoms with Crippen molar-refractivity contribution in [3.8, 4) is 11.3 Å². The van der Waals surface area contributed by atoms with E-state index in [1.54, 1.807) is 23.7 Å². The van der Waals surface area contributed by atoms with Crippen molar-refractivity contribution in [2.45, 2.75) is 85.5 Å². The predicted molar refractivity (Wildman–Crippen MR) is 211 cm³/mol. The molecule has 277 valence electrons. The van der Waals surface area contributed by atoms with Crippen LogP contribution in [0.25, 0.3) is 42.3 Å². The molecule has 2 aromatic heterocycles. The minimum Gasteiger partial charge on any atom is 0 e. The maximum absolute atomic E-state index is 12.9. The van der Waals surface area contributed by atoms with Gasteiger partial charge in [0.25, 0.3) is 0 Å². The summed E-state index contributed by atoms with van der Waals surface area (Å²) in [5.74, 6) is 8.81. The van der Waals surface area contributed by atoms with Gasteiger partial charge in [-0.05, 0) is 23.7 Å². The van der Waals surface area contributed by atoms with E-state index in [9.17, 15) is 18.7 Å². The number of alkyl halides is 2. The molecule has 0 bridgehead atoms. The third-order valence-electron chi connectivity index (χ3n) is 9.38. The van der Waals surface area contributed by atoms with Crippen LogP contribution in [0.5, 0.6) is 0 Å². The molecule has 0 aliphatic heterocycles. The van der Waals surface area contributed by atoms with Crippen molar-refractivity contribution >= 4 is 65.9 Å². The van der Waals surface area contributed by atoms with E-state index in [4.69, 9.17) is 0 Å². The number of fused-ring (bicyclic) bond motifs is 4. The molecule has 0 atom stereocenters. The van der Waals surface area contributed by atoms with Gasteiger partial charge in [0.1, 0.15) is 0 Å². The van der Waals surface area contributed by atoms with Crippen LogP contribution < -0.4 is 4.40 Å². The first-order valence-corrected chi connectivity index (χ1v) is 25.9. The van der Waals surface area contributed by atoms with Crippen molar-refractivity contribution in [2.24, 2.45) is 35.5 Å². The van der Waals surface area contributed by atoms with Gasteiger partial charge in [-0.3, -0.25) is 4.79 Å². The summed E-state index contributed by atoms with van der Waals surface area (Å²) in [4.78, 5) is 21.5. The molecule has 3 aromatic carbocycles. The van der Waals surface area contributed by atoms with E-state index in [0.29, 0.717) is 29.2 Å². The Balaban J connectivity index is 0.000000306. The maximum atomic E-state index is 12.9. The van der Waals surface area contributed by atoms with Gasteiger partial charge in [-0.1, -0.05) is 55.4 Å². The minimum atomic E-state index is -2.35. The number of benzene rings is 3. The van der Waals surface area contributed by atoms with Gasteiger partial charge in [0.05, 0.1) is 5.76 Å². The first-order chi connectivity index (χ1) is 23.4. The zero-order chi connectivity index (χ0) is 37.1. The molecule has 0 fully saturated rings. The molecule has 0 aliphatic rings. The van der Waals surface area contributed by atoms with Gasteiger partial charge in [0.15, 0.2) is 5.78 Å². The number of aliphatic hydroxyl groups is 1. The Labute approximate surface area is 323 Å². The largest absolute Gasteiger partial charge is 0 e. The Bertz CT molecular complexity index is 1970. The van der Waals surface area contributed by atoms with Crippen molar-refractivity contribution < 1.29 is 38.8 Å². The molecule has 0 saturated heterocycles. The zero-order valence-corrected chi connectivity index (χ0v) is 37.1. The molecule has 51 heavy (non-hydrogen) atoms. The summed E-state index contributed by atoms with van der Waals surface area (Å²) in [6.45, 7) is 16.6. The Kier molecular flexibility index (Phi) is 15.1. The molecule has 0 amide bonds. The monoisotopic (exact) mass is 954 g/mol. The average Bonchev–Trinajstić information content (AvgIpc) is 3.37. The Morgan fingerprint density at radius 3 is 2.04 bits per heavy atom. The Morgan fingerprint density at radius 2 is 1.47 bits per heavy atom. The molecule has 5 rings (SSSR count). The quantitative estimate of drug-likeness (QED) is 0.0620. The fraction of sp³-hybridized carbons (Fsp3) is 0.452. The number of carbonyl (C=O) groups is 1. The average molecular weight is 953 g/mol. The number of halogens is 2. The number of rotatable bonds is 11. The van der Waals surface area contributed by atoms with Crippen LogP contribution in [0.2, 0.25) is 17.3 Å². The van der Waals surface area contributed by atoms with Gasteiger partial charge < -0.3 is 5.11 Å². The second-order valence-corrected chi connectivity index (χ2v) is 27.4. The van der Waals surface area contributed by atoms with Crippen LogP contribution in [-0.2, 0) is 31.3 Å². The number of hydrogen-bond donors (Lipinski definition) is 1. The van der Waals surface area contributed by atoms with Crippen molar-refractivity contribution in [2.75, 3.05) is 0 Å². The third-order valence-corrected chi connectivity index (χ3v) is 14.8. The first-order valence-electron chi connectivity index (χ1n) is 17.7. The van der Waals surface area contributed by atoms with Gasteiger partial charge in [0, 0.05) is 38.0 Å². The first kappa shape index (κ1) is 42.9. The molecular formula is C42H53F2GeIrN2O2S-. The molecule has 5 aromatic rings. The van der Waals surface area contributed by atoms with Crippen LogP contribution >= 0.6 is 11.3 Å². The Morgan fingerprint density at radius 1 is 0.863 bits per heavy atom. The molecule has 1 N–H and O–H groups in total. The number of aromatic nitrogens is 2. The number of hydrogen-bond acceptors (Lipinski definition) is 5. The summed E-state index contributed by atoms with van der Waals surface area (Å²) in [5, 5.41) is 13.6. The number of nitrogens with zero attached hydrogens (tertiary/aromatic N) is 2. The standard InChI is InChI=1S/C25H21F2GeN2S.C17H32O2.Ir/c1-28(2,3)20-13-17(12-16-6-4-5-7-18(16)20)23-25-24(30-14-29-23)19-9-8-15(11-22(26)27)10-21(19)31-25;1-10(2)16(11(3)4)14(18)9-15(19)17(12(5)6)13(7)8;/h4-10,13-14,22H,11H2,1-3H3;9-13,16-18H,1-8H3;/q-1;;/b;14-9-;. The summed E-state index contributed by atoms with van der Waals surface area (Å²) >= 11 is -0.598. The van der Waals surface area contributed by atoms with E-state index >= 15 is 0 Å². The molecular weight excluding hydrogens is 899 g/mol. The van der Waals surface area contributed by atoms with Crippen LogP contribution in [0.3, 0.4) is 0 Å². The van der Waals surface area contributed by atoms with Gasteiger partial charge in [-0.15, -0.1) is 0 Å². The van der Waals surface area contributed by atoms with Crippen LogP contribution in [0.4, 0.5) is 8.78 Å². The molecule has 2 heterocycles. The van der Waals surface area contributed by atoms with Gasteiger partial charge in [-0.2, -0.15) is 0 Å². The van der Waals surface area contributed by atoms with E-state index in [2.05, 4.69) is 113 Å². The van der Waals surface area contributed by atoms with E-state index in [1.807, 2.05) is 18.2 Å². The minimum absolute atomic E-state index is 0. The smallest absolute Gasteiger partial charge is 0 e. The van der Waals surface area contributed by atoms with E-state index in [0.717, 1.165) is 36.9 Å². The van der Waals surface area contributed by atoms with Crippen LogP contribution in [0, 0.1) is 41.6 Å². The number of thiophene rings is 1. The molecule has 1 radical (unpaired) electrons. The maximum Gasteiger partial charge on any atom is 0 e. The van der Waals surface area contributed by atoms with Crippen molar-refractivity contribution in [1.82, 2.24) is 9.97 Å². The predicted octanol–water partition coefficient (Wildman–Crippen LogP) is 11.7. The second kappa shape index (κ2) is 18.0. The van der Waals surface area contributed by atoms with Crippen LogP contribution in [0.15, 0.2) is 66.7 Å². The van der Waals surface area contributed by atoms with Crippen LogP contribution in [0.1, 0.15) is 61.0 Å². The number of aliphatic hydroxyl groups excluding tert-OH is 1. The fourth-order valence-corrected chi connectivity index (χ4v) is 11.9. The normalized spacial score (nSPS) is 12.7. The molecule has 0 unspecified atom stereocenters. The zero-order valence-electron chi connectivity index (χ0n) is 31.8. The van der Waals surface area contributed by atoms with Crippen molar-refractivity contribution in [3.63, 3.8) is 0 Å². The third kappa shape index (κ3) is 10.3. The summed E-state index contributed by atoms with van der Waals surface area (Å²) in [5.41, 5.74) is 3.35. The summed E-state index contributed by atoms with van der Waals surface area (Å²) in [6.07, 6.45) is 0.492. The fourth-order valence-electron chi connectivity index (χ4n) is 7.31. The molecule has 4 nitrogen and oxygen atoms in total. The van der Waals surface area contributed by atoms with Crippen molar-refractivity contribution in [3.05, 3.63) is 78.3 Å². The summed E-state index contributed by atoms with van der Waals surface area (Å²) in [7, 11) is 0. The summed E-state index contributed by atoms with van der Waals surface area (Å²) in [6, 6.07) is 19.8. The van der Waals surface area contributed by atoms with Gasteiger partial charge in [0.2, 0.25) is 0 Å². The number of ketones is 1. The number of allylic oxidation sites excluding steroid dienone is 2. The van der Waals surface area contributed by atoms with Gasteiger partial charge in [-0.25, -0.2) is 0 Å². The topological polar surface area (TPSA) is 63.1 Å².